The molecule has 0 aliphatic carbocycles. The van der Waals surface area contributed by atoms with Crippen LogP contribution in [0.4, 0.5) is 5.69 Å². The van der Waals surface area contributed by atoms with E-state index in [9.17, 15) is 5.11 Å². The lowest BCUT2D eigenvalue weighted by Crippen LogP contribution is -2.36. The molecule has 0 radical (unpaired) electrons. The molecule has 0 aromatic heterocycles. The van der Waals surface area contributed by atoms with Crippen molar-refractivity contribution in [3.05, 3.63) is 23.8 Å². The van der Waals surface area contributed by atoms with Crippen LogP contribution in [-0.4, -0.2) is 35.5 Å². The molecule has 0 unspecified atom stereocenters. The molecule has 0 bridgehead atoms. The molecule has 1 aliphatic heterocycles. The van der Waals surface area contributed by atoms with Crippen LogP contribution in [0.15, 0.2) is 23.1 Å². The quantitative estimate of drug-likeness (QED) is 0.647. The normalized spacial score (nSPS) is 16.4. The number of anilines is 1. The van der Waals surface area contributed by atoms with Crippen LogP contribution in [0.3, 0.4) is 0 Å². The van der Waals surface area contributed by atoms with Gasteiger partial charge in [0.15, 0.2) is 0 Å². The number of thiocarbonyl (C=S) groups is 1. The van der Waals surface area contributed by atoms with Gasteiger partial charge in [-0.25, -0.2) is 0 Å². The van der Waals surface area contributed by atoms with Crippen molar-refractivity contribution in [2.24, 2.45) is 11.7 Å². The third kappa shape index (κ3) is 3.45. The number of aliphatic hydroxyl groups excluding tert-OH is 1. The first-order valence-electron chi connectivity index (χ1n) is 7.08. The molecule has 1 fully saturated rings. The fraction of sp³-hybridized carbons (Fsp3) is 0.533. The van der Waals surface area contributed by atoms with E-state index in [1.165, 1.54) is 4.90 Å². The van der Waals surface area contributed by atoms with E-state index in [2.05, 4.69) is 30.0 Å². The summed E-state index contributed by atoms with van der Waals surface area (Å²) in [6.45, 7) is 4.34. The zero-order valence-corrected chi connectivity index (χ0v) is 13.5. The lowest BCUT2D eigenvalue weighted by atomic mass is 9.97. The fourth-order valence-electron chi connectivity index (χ4n) is 2.66. The highest BCUT2D eigenvalue weighted by Crippen LogP contribution is 2.33. The topological polar surface area (TPSA) is 49.5 Å². The van der Waals surface area contributed by atoms with Crippen molar-refractivity contribution in [1.82, 2.24) is 0 Å². The summed E-state index contributed by atoms with van der Waals surface area (Å²) in [5.74, 6) is 1.44. The van der Waals surface area contributed by atoms with E-state index < -0.39 is 0 Å². The van der Waals surface area contributed by atoms with Gasteiger partial charge < -0.3 is 15.7 Å². The highest BCUT2D eigenvalue weighted by atomic mass is 32.2. The van der Waals surface area contributed by atoms with Gasteiger partial charge in [-0.3, -0.25) is 0 Å². The zero-order valence-electron chi connectivity index (χ0n) is 11.8. The molecule has 1 aromatic carbocycles. The van der Waals surface area contributed by atoms with Crippen LogP contribution >= 0.6 is 24.0 Å². The molecule has 20 heavy (non-hydrogen) atoms. The van der Waals surface area contributed by atoms with Gasteiger partial charge in [0.1, 0.15) is 4.99 Å². The minimum Gasteiger partial charge on any atom is -0.396 e. The molecule has 2 rings (SSSR count). The largest absolute Gasteiger partial charge is 0.396 e. The Balaban J connectivity index is 2.27. The summed E-state index contributed by atoms with van der Waals surface area (Å²) in [5, 5.41) is 9.24. The molecule has 0 atom stereocenters. The van der Waals surface area contributed by atoms with Crippen LogP contribution in [0.1, 0.15) is 25.3 Å². The van der Waals surface area contributed by atoms with E-state index in [-0.39, 0.29) is 0 Å². The van der Waals surface area contributed by atoms with Crippen LogP contribution in [0.25, 0.3) is 0 Å². The molecule has 1 aliphatic rings. The molecule has 3 nitrogen and oxygen atoms in total. The van der Waals surface area contributed by atoms with Crippen molar-refractivity contribution in [3.8, 4) is 0 Å². The number of piperidine rings is 1. The maximum atomic E-state index is 9.24. The third-order valence-corrected chi connectivity index (χ3v) is 4.91. The first-order valence-corrected chi connectivity index (χ1v) is 8.48. The summed E-state index contributed by atoms with van der Waals surface area (Å²) in [7, 11) is 0. The molecule has 1 aromatic rings. The Bertz CT molecular complexity index is 471. The van der Waals surface area contributed by atoms with Crippen molar-refractivity contribution < 1.29 is 5.11 Å². The molecular formula is C15H22N2OS2. The number of hydrogen-bond donors (Lipinski definition) is 2. The van der Waals surface area contributed by atoms with E-state index in [0.717, 1.165) is 42.9 Å². The Labute approximate surface area is 130 Å². The maximum Gasteiger partial charge on any atom is 0.107 e. The van der Waals surface area contributed by atoms with Crippen LogP contribution in [0.5, 0.6) is 0 Å². The zero-order chi connectivity index (χ0) is 14.5. The van der Waals surface area contributed by atoms with Crippen molar-refractivity contribution in [2.75, 3.05) is 30.3 Å². The van der Waals surface area contributed by atoms with Crippen molar-refractivity contribution in [1.29, 1.82) is 0 Å². The lowest BCUT2D eigenvalue weighted by molar-refractivity contribution is 0.203. The molecule has 110 valence electrons. The molecular weight excluding hydrogens is 288 g/mol. The number of thioether (sulfide) groups is 1. The summed E-state index contributed by atoms with van der Waals surface area (Å²) in [6.07, 6.45) is 2.05. The SMILES string of the molecule is CCSc1cccc(N2CCC(CO)CC2)c1C(N)=S. The predicted molar refractivity (Wildman–Crippen MR) is 90.8 cm³/mol. The second-order valence-corrected chi connectivity index (χ2v) is 6.81. The molecule has 5 heteroatoms. The number of rotatable bonds is 5. The Morgan fingerprint density at radius 1 is 1.45 bits per heavy atom. The van der Waals surface area contributed by atoms with E-state index >= 15 is 0 Å². The third-order valence-electron chi connectivity index (χ3n) is 3.76. The lowest BCUT2D eigenvalue weighted by Gasteiger charge is -2.34. The van der Waals surface area contributed by atoms with Gasteiger partial charge >= 0.3 is 0 Å². The van der Waals surface area contributed by atoms with Crippen LogP contribution in [0, 0.1) is 5.92 Å². The summed E-state index contributed by atoms with van der Waals surface area (Å²) >= 11 is 7.04. The van der Waals surface area contributed by atoms with E-state index in [0.29, 0.717) is 17.5 Å². The monoisotopic (exact) mass is 310 g/mol. The molecule has 1 saturated heterocycles. The second kappa shape index (κ2) is 7.29. The van der Waals surface area contributed by atoms with Crippen molar-refractivity contribution >= 4 is 34.7 Å². The fourth-order valence-corrected chi connectivity index (χ4v) is 3.79. The summed E-state index contributed by atoms with van der Waals surface area (Å²) in [6, 6.07) is 6.27. The number of benzene rings is 1. The smallest absolute Gasteiger partial charge is 0.107 e. The van der Waals surface area contributed by atoms with Gasteiger partial charge in [-0.2, -0.15) is 0 Å². The number of hydrogen-bond acceptors (Lipinski definition) is 4. The molecule has 0 spiro atoms. The molecule has 0 saturated carbocycles. The Morgan fingerprint density at radius 3 is 2.70 bits per heavy atom. The Kier molecular flexibility index (Phi) is 5.69. The second-order valence-electron chi connectivity index (χ2n) is 5.06. The van der Waals surface area contributed by atoms with Crippen LogP contribution < -0.4 is 10.6 Å². The number of nitrogens with zero attached hydrogens (tertiary/aromatic N) is 1. The van der Waals surface area contributed by atoms with Crippen molar-refractivity contribution in [3.63, 3.8) is 0 Å². The van der Waals surface area contributed by atoms with Gasteiger partial charge in [0.25, 0.3) is 0 Å². The first kappa shape index (κ1) is 15.6. The summed E-state index contributed by atoms with van der Waals surface area (Å²) in [4.78, 5) is 3.99. The van der Waals surface area contributed by atoms with Gasteiger partial charge in [0.2, 0.25) is 0 Å². The van der Waals surface area contributed by atoms with Gasteiger partial charge in [-0.15, -0.1) is 11.8 Å². The number of aliphatic hydroxyl groups is 1. The standard InChI is InChI=1S/C15H22N2OS2/c1-2-20-13-5-3-4-12(14(13)15(16)19)17-8-6-11(10-18)7-9-17/h3-5,11,18H,2,6-10H2,1H3,(H2,16,19). The first-order chi connectivity index (χ1) is 9.67. The van der Waals surface area contributed by atoms with E-state index in [1.54, 1.807) is 11.8 Å². The minimum absolute atomic E-state index is 0.293. The molecule has 3 N–H and O–H groups in total. The molecule has 0 amide bonds. The highest BCUT2D eigenvalue weighted by Gasteiger charge is 2.22. The van der Waals surface area contributed by atoms with Crippen molar-refractivity contribution in [2.45, 2.75) is 24.7 Å². The summed E-state index contributed by atoms with van der Waals surface area (Å²) in [5.41, 5.74) is 8.11. The summed E-state index contributed by atoms with van der Waals surface area (Å²) < 4.78 is 0. The maximum absolute atomic E-state index is 9.24. The van der Waals surface area contributed by atoms with Gasteiger partial charge in [0.05, 0.1) is 0 Å². The van der Waals surface area contributed by atoms with Crippen LogP contribution in [0.2, 0.25) is 0 Å². The minimum atomic E-state index is 0.293. The van der Waals surface area contributed by atoms with E-state index in [1.807, 2.05) is 0 Å². The van der Waals surface area contributed by atoms with E-state index in [4.69, 9.17) is 18.0 Å². The Morgan fingerprint density at radius 2 is 2.15 bits per heavy atom. The highest BCUT2D eigenvalue weighted by molar-refractivity contribution is 7.99. The van der Waals surface area contributed by atoms with Gasteiger partial charge in [-0.1, -0.05) is 25.2 Å². The Hall–Kier alpha value is -0.780. The predicted octanol–water partition coefficient (Wildman–Crippen LogP) is 2.64. The van der Waals surface area contributed by atoms with Gasteiger partial charge in [0, 0.05) is 35.8 Å². The number of nitrogens with two attached hydrogens (primary N) is 1. The van der Waals surface area contributed by atoms with Crippen LogP contribution in [-0.2, 0) is 0 Å². The molecule has 1 heterocycles. The average molecular weight is 310 g/mol. The average Bonchev–Trinajstić information content (AvgIpc) is 2.47. The van der Waals surface area contributed by atoms with Gasteiger partial charge in [-0.05, 0) is 36.6 Å².